The van der Waals surface area contributed by atoms with Gasteiger partial charge in [-0.25, -0.2) is 0 Å². The molecule has 0 heterocycles. The van der Waals surface area contributed by atoms with Crippen LogP contribution >= 0.6 is 34.8 Å². The van der Waals surface area contributed by atoms with Crippen LogP contribution in [0.2, 0.25) is 10.0 Å². The van der Waals surface area contributed by atoms with Crippen LogP contribution in [0.25, 0.3) is 0 Å². The summed E-state index contributed by atoms with van der Waals surface area (Å²) in [6.45, 7) is 10.3. The number of benzene rings is 2. The second kappa shape index (κ2) is 14.4. The molecule has 0 radical (unpaired) electrons. The summed E-state index contributed by atoms with van der Waals surface area (Å²) in [7, 11) is 0. The van der Waals surface area contributed by atoms with E-state index in [4.69, 9.17) is 58.5 Å². The first-order chi connectivity index (χ1) is 18.2. The molecule has 0 aliphatic rings. The second-order valence-electron chi connectivity index (χ2n) is 9.81. The lowest BCUT2D eigenvalue weighted by atomic mass is 9.78. The van der Waals surface area contributed by atoms with Gasteiger partial charge in [-0.05, 0) is 49.2 Å². The van der Waals surface area contributed by atoms with Gasteiger partial charge in [0, 0.05) is 19.3 Å². The monoisotopic (exact) mass is 604 g/mol. The molecule has 39 heavy (non-hydrogen) atoms. The summed E-state index contributed by atoms with van der Waals surface area (Å²) in [5, 5.41) is 10.7. The van der Waals surface area contributed by atoms with Crippen LogP contribution in [-0.2, 0) is 29.2 Å². The number of alkyl halides is 1. The predicted octanol–water partition coefficient (Wildman–Crippen LogP) is 5.92. The summed E-state index contributed by atoms with van der Waals surface area (Å²) in [5.41, 5.74) is 1.26. The number of hydrogen-bond donors (Lipinski definition) is 1. The maximum absolute atomic E-state index is 11.4. The smallest absolute Gasteiger partial charge is 0.305 e. The van der Waals surface area contributed by atoms with E-state index < -0.39 is 41.7 Å². The molecule has 216 valence electrons. The largest absolute Gasteiger partial charge is 0.490 e. The summed E-state index contributed by atoms with van der Waals surface area (Å²) in [6, 6.07) is 10.9. The fourth-order valence-corrected chi connectivity index (χ4v) is 4.31. The average Bonchev–Trinajstić information content (AvgIpc) is 2.84. The van der Waals surface area contributed by atoms with Crippen molar-refractivity contribution >= 4 is 46.7 Å². The summed E-state index contributed by atoms with van der Waals surface area (Å²) < 4.78 is 27.1. The van der Waals surface area contributed by atoms with Crippen LogP contribution in [0.5, 0.6) is 11.5 Å². The highest BCUT2D eigenvalue weighted by molar-refractivity contribution is 6.37. The number of hydrogen-bond acceptors (Lipinski definition) is 8. The lowest BCUT2D eigenvalue weighted by molar-refractivity contribution is -0.207. The van der Waals surface area contributed by atoms with E-state index in [-0.39, 0.29) is 35.1 Å². The summed E-state index contributed by atoms with van der Waals surface area (Å²) in [6.07, 6.45) is -0.526. The van der Waals surface area contributed by atoms with Gasteiger partial charge in [0.2, 0.25) is 0 Å². The van der Waals surface area contributed by atoms with Crippen molar-refractivity contribution in [1.82, 2.24) is 0 Å². The van der Waals surface area contributed by atoms with Crippen molar-refractivity contribution in [3.05, 3.63) is 57.6 Å². The highest BCUT2D eigenvalue weighted by atomic mass is 35.5. The molecule has 2 aromatic rings. The van der Waals surface area contributed by atoms with Crippen LogP contribution in [0.15, 0.2) is 36.4 Å². The number of carbonyl (C=O) groups excluding carboxylic acids is 2. The molecular formula is C28H35Cl3O8. The summed E-state index contributed by atoms with van der Waals surface area (Å²) in [4.78, 5) is 22.7. The zero-order valence-corrected chi connectivity index (χ0v) is 25.2. The molecule has 0 aliphatic carbocycles. The molecular weight excluding hydrogens is 571 g/mol. The van der Waals surface area contributed by atoms with E-state index in [1.54, 1.807) is 12.1 Å². The van der Waals surface area contributed by atoms with E-state index in [9.17, 15) is 14.7 Å². The van der Waals surface area contributed by atoms with Gasteiger partial charge in [-0.1, -0.05) is 49.2 Å². The minimum atomic E-state index is -2.03. The molecule has 11 heteroatoms. The molecule has 0 bridgehead atoms. The number of esters is 2. The Hall–Kier alpha value is -2.23. The molecule has 0 aliphatic heterocycles. The molecule has 2 rings (SSSR count). The molecule has 0 unspecified atom stereocenters. The highest BCUT2D eigenvalue weighted by Crippen LogP contribution is 2.41. The van der Waals surface area contributed by atoms with Gasteiger partial charge >= 0.3 is 11.9 Å². The first-order valence-electron chi connectivity index (χ1n) is 12.3. The SMILES string of the molecule is CC(=O)O[C@@H](COc1ccc(C(C)(C)c2cc(Cl)c(OC[C@](O)(CCl)OC(C)=O)c(Cl)c2)cc1)COC(C)C. The van der Waals surface area contributed by atoms with Crippen molar-refractivity contribution in [3.63, 3.8) is 0 Å². The standard InChI is InChI=1S/C28H35Cl3O8/c1-17(2)35-13-23(38-18(3)32)14-36-22-9-7-20(8-10-22)27(5,6)21-11-24(30)26(25(31)12-21)37-16-28(34,15-29)39-19(4)33/h7-12,17,23,34H,13-16H2,1-6H3/t23-,28+/m1/s1. The Balaban J connectivity index is 2.14. The molecule has 2 aromatic carbocycles. The molecule has 1 N–H and O–H groups in total. The van der Waals surface area contributed by atoms with Gasteiger partial charge in [-0.15, -0.1) is 11.6 Å². The van der Waals surface area contributed by atoms with Gasteiger partial charge in [-0.2, -0.15) is 0 Å². The Morgan fingerprint density at radius 1 is 0.923 bits per heavy atom. The number of carbonyl (C=O) groups is 2. The molecule has 0 saturated carbocycles. The quantitative estimate of drug-likeness (QED) is 0.161. The minimum absolute atomic E-state index is 0.00169. The third-order valence-corrected chi connectivity index (χ3v) is 6.64. The third-order valence-electron chi connectivity index (χ3n) is 5.66. The first-order valence-corrected chi connectivity index (χ1v) is 13.6. The van der Waals surface area contributed by atoms with Gasteiger partial charge in [0.1, 0.15) is 12.4 Å². The van der Waals surface area contributed by atoms with Crippen LogP contribution in [0.4, 0.5) is 0 Å². The fraction of sp³-hybridized carbons (Fsp3) is 0.500. The van der Waals surface area contributed by atoms with Crippen molar-refractivity contribution in [3.8, 4) is 11.5 Å². The lowest BCUT2D eigenvalue weighted by Crippen LogP contribution is -2.42. The van der Waals surface area contributed by atoms with Crippen LogP contribution < -0.4 is 9.47 Å². The zero-order chi connectivity index (χ0) is 29.4. The maximum atomic E-state index is 11.4. The summed E-state index contributed by atoms with van der Waals surface area (Å²) >= 11 is 18.7. The number of aliphatic hydroxyl groups is 1. The molecule has 0 saturated heterocycles. The van der Waals surface area contributed by atoms with Crippen LogP contribution in [0, 0.1) is 0 Å². The van der Waals surface area contributed by atoms with Crippen LogP contribution in [-0.4, -0.2) is 60.7 Å². The Labute approximate surface area is 244 Å². The molecule has 8 nitrogen and oxygen atoms in total. The van der Waals surface area contributed by atoms with Crippen LogP contribution in [0.1, 0.15) is 52.7 Å². The number of ether oxygens (including phenoxy) is 5. The van der Waals surface area contributed by atoms with E-state index in [0.717, 1.165) is 18.1 Å². The lowest BCUT2D eigenvalue weighted by Gasteiger charge is -2.28. The van der Waals surface area contributed by atoms with Crippen molar-refractivity contribution in [2.45, 2.75) is 65.0 Å². The van der Waals surface area contributed by atoms with Crippen molar-refractivity contribution in [2.24, 2.45) is 0 Å². The molecule has 0 amide bonds. The van der Waals surface area contributed by atoms with Gasteiger partial charge < -0.3 is 28.8 Å². The van der Waals surface area contributed by atoms with E-state index in [0.29, 0.717) is 5.75 Å². The Morgan fingerprint density at radius 2 is 1.51 bits per heavy atom. The van der Waals surface area contributed by atoms with Gasteiger partial charge in [0.25, 0.3) is 5.79 Å². The minimum Gasteiger partial charge on any atom is -0.490 e. The topological polar surface area (TPSA) is 101 Å². The Bertz CT molecular complexity index is 1100. The van der Waals surface area contributed by atoms with Crippen molar-refractivity contribution in [2.75, 3.05) is 25.7 Å². The van der Waals surface area contributed by atoms with E-state index in [2.05, 4.69) is 0 Å². The normalized spacial score (nSPS) is 13.9. The van der Waals surface area contributed by atoms with E-state index in [1.165, 1.54) is 6.92 Å². The average molecular weight is 606 g/mol. The Kier molecular flexibility index (Phi) is 12.2. The molecule has 0 fully saturated rings. The Morgan fingerprint density at radius 3 is 2.00 bits per heavy atom. The number of rotatable bonds is 14. The zero-order valence-electron chi connectivity index (χ0n) is 22.9. The molecule has 2 atom stereocenters. The highest BCUT2D eigenvalue weighted by Gasteiger charge is 2.32. The van der Waals surface area contributed by atoms with Crippen molar-refractivity contribution < 1.29 is 38.4 Å². The van der Waals surface area contributed by atoms with Gasteiger partial charge in [0.05, 0.1) is 28.6 Å². The third kappa shape index (κ3) is 10.0. The van der Waals surface area contributed by atoms with Crippen molar-refractivity contribution in [1.29, 1.82) is 0 Å². The predicted molar refractivity (Wildman–Crippen MR) is 150 cm³/mol. The first kappa shape index (κ1) is 33.0. The molecule has 0 aromatic heterocycles. The van der Waals surface area contributed by atoms with Gasteiger partial charge in [0.15, 0.2) is 18.5 Å². The number of halogens is 3. The van der Waals surface area contributed by atoms with Crippen LogP contribution in [0.3, 0.4) is 0 Å². The fourth-order valence-electron chi connectivity index (χ4n) is 3.58. The maximum Gasteiger partial charge on any atom is 0.305 e. The molecule has 0 spiro atoms. The van der Waals surface area contributed by atoms with E-state index >= 15 is 0 Å². The van der Waals surface area contributed by atoms with E-state index in [1.807, 2.05) is 52.0 Å². The summed E-state index contributed by atoms with van der Waals surface area (Å²) in [5.74, 6) is -2.81. The second-order valence-corrected chi connectivity index (χ2v) is 10.9. The van der Waals surface area contributed by atoms with Gasteiger partial charge in [-0.3, -0.25) is 9.59 Å².